The molecule has 1 aliphatic heterocycles. The molecule has 4 heterocycles. The van der Waals surface area contributed by atoms with E-state index >= 15 is 0 Å². The third-order valence-electron chi connectivity index (χ3n) is 6.37. The van der Waals surface area contributed by atoms with Crippen LogP contribution in [0.25, 0.3) is 16.6 Å². The highest BCUT2D eigenvalue weighted by molar-refractivity contribution is 6.00. The summed E-state index contributed by atoms with van der Waals surface area (Å²) < 4.78 is 88.8. The predicted octanol–water partition coefficient (Wildman–Crippen LogP) is 4.80. The Morgan fingerprint density at radius 1 is 1.11 bits per heavy atom. The van der Waals surface area contributed by atoms with Gasteiger partial charge in [0, 0.05) is 18.8 Å². The van der Waals surface area contributed by atoms with Gasteiger partial charge in [0.1, 0.15) is 11.3 Å². The standard InChI is InChI=1S/C23H18F6N6O2/c1-10-12-3-11(22(24,25)26)6-32-19(12)18(8-37-10)34(2)21(36)13-4-16-15(5-14(13)23(27,28)29)33-20(30)17-7-31-9-35(16)17/h3-7,9-10,18H,8H2,1-2H3,(H2,30,33)/t10-,18-/m1/s1. The summed E-state index contributed by atoms with van der Waals surface area (Å²) in [6.45, 7) is 1.35. The molecule has 3 aromatic heterocycles. The van der Waals surface area contributed by atoms with E-state index in [9.17, 15) is 31.1 Å². The van der Waals surface area contributed by atoms with E-state index in [1.165, 1.54) is 30.9 Å². The minimum absolute atomic E-state index is 0.0382. The van der Waals surface area contributed by atoms with Gasteiger partial charge in [0.15, 0.2) is 0 Å². The van der Waals surface area contributed by atoms with Crippen molar-refractivity contribution < 1.29 is 35.9 Å². The van der Waals surface area contributed by atoms with Crippen molar-refractivity contribution in [3.05, 3.63) is 64.9 Å². The second kappa shape index (κ2) is 8.30. The molecule has 4 aromatic rings. The highest BCUT2D eigenvalue weighted by atomic mass is 19.4. The van der Waals surface area contributed by atoms with Crippen LogP contribution in [0.4, 0.5) is 32.2 Å². The number of hydrogen-bond acceptors (Lipinski definition) is 6. The van der Waals surface area contributed by atoms with E-state index in [-0.39, 0.29) is 34.7 Å². The third-order valence-corrected chi connectivity index (χ3v) is 6.37. The molecule has 0 bridgehead atoms. The maximum Gasteiger partial charge on any atom is 0.417 e. The lowest BCUT2D eigenvalue weighted by molar-refractivity contribution is -0.138. The van der Waals surface area contributed by atoms with Crippen molar-refractivity contribution >= 4 is 28.3 Å². The van der Waals surface area contributed by atoms with Crippen LogP contribution in [0.15, 0.2) is 36.9 Å². The number of likely N-dealkylation sites (N-methyl/N-ethyl adjacent to an activating group) is 1. The van der Waals surface area contributed by atoms with Crippen LogP contribution >= 0.6 is 0 Å². The number of carbonyl (C=O) groups is 1. The van der Waals surface area contributed by atoms with Crippen LogP contribution in [0.2, 0.25) is 0 Å². The molecule has 2 N–H and O–H groups in total. The second-order valence-electron chi connectivity index (χ2n) is 8.63. The second-order valence-corrected chi connectivity index (χ2v) is 8.63. The highest BCUT2D eigenvalue weighted by Gasteiger charge is 2.40. The number of hydrogen-bond donors (Lipinski definition) is 1. The normalized spacial score (nSPS) is 18.3. The Hall–Kier alpha value is -3.94. The van der Waals surface area contributed by atoms with Crippen molar-refractivity contribution in [2.45, 2.75) is 31.4 Å². The maximum atomic E-state index is 14.1. The number of nitrogens with zero attached hydrogens (tertiary/aromatic N) is 5. The number of nitrogens with two attached hydrogens (primary N) is 1. The largest absolute Gasteiger partial charge is 0.417 e. The molecule has 2 atom stereocenters. The summed E-state index contributed by atoms with van der Waals surface area (Å²) in [6.07, 6.45) is -7.00. The molecule has 5 rings (SSSR count). The van der Waals surface area contributed by atoms with Crippen molar-refractivity contribution in [2.24, 2.45) is 0 Å². The number of carbonyl (C=O) groups excluding carboxylic acids is 1. The maximum absolute atomic E-state index is 14.1. The molecule has 0 aliphatic carbocycles. The minimum Gasteiger partial charge on any atom is -0.382 e. The fourth-order valence-electron chi connectivity index (χ4n) is 4.42. The smallest absolute Gasteiger partial charge is 0.382 e. The summed E-state index contributed by atoms with van der Waals surface area (Å²) >= 11 is 0. The lowest BCUT2D eigenvalue weighted by Crippen LogP contribution is -2.38. The Morgan fingerprint density at radius 2 is 1.84 bits per heavy atom. The molecule has 0 saturated carbocycles. The molecule has 0 unspecified atom stereocenters. The van der Waals surface area contributed by atoms with Crippen molar-refractivity contribution in [3.63, 3.8) is 0 Å². The number of rotatable bonds is 2. The lowest BCUT2D eigenvalue weighted by Gasteiger charge is -2.35. The Labute approximate surface area is 204 Å². The number of ether oxygens (including phenoxy) is 1. The molecule has 0 saturated heterocycles. The number of imidazole rings is 1. The van der Waals surface area contributed by atoms with Crippen LogP contribution in [0.3, 0.4) is 0 Å². The average Bonchev–Trinajstić information content (AvgIpc) is 3.33. The molecule has 37 heavy (non-hydrogen) atoms. The highest BCUT2D eigenvalue weighted by Crippen LogP contribution is 2.40. The van der Waals surface area contributed by atoms with Crippen LogP contribution in [0.5, 0.6) is 0 Å². The van der Waals surface area contributed by atoms with E-state index in [4.69, 9.17) is 10.5 Å². The van der Waals surface area contributed by atoms with Gasteiger partial charge in [0.05, 0.1) is 64.7 Å². The molecule has 1 amide bonds. The number of pyridine rings is 1. The van der Waals surface area contributed by atoms with Crippen LogP contribution in [0.1, 0.15) is 51.8 Å². The van der Waals surface area contributed by atoms with Crippen LogP contribution in [0, 0.1) is 0 Å². The average molecular weight is 524 g/mol. The monoisotopic (exact) mass is 524 g/mol. The molecule has 0 radical (unpaired) electrons. The molecule has 14 heteroatoms. The molecule has 0 spiro atoms. The zero-order valence-electron chi connectivity index (χ0n) is 19.2. The van der Waals surface area contributed by atoms with Crippen molar-refractivity contribution in [2.75, 3.05) is 19.4 Å². The first kappa shape index (κ1) is 24.7. The molecule has 1 aliphatic rings. The minimum atomic E-state index is -4.92. The molecular weight excluding hydrogens is 506 g/mol. The Bertz CT molecular complexity index is 1550. The van der Waals surface area contributed by atoms with E-state index in [0.717, 1.165) is 23.1 Å². The Balaban J connectivity index is 1.63. The number of nitrogen functional groups attached to an aromatic ring is 1. The first-order chi connectivity index (χ1) is 17.3. The molecule has 0 fully saturated rings. The third kappa shape index (κ3) is 4.10. The number of alkyl halides is 6. The van der Waals surface area contributed by atoms with Gasteiger partial charge in [0.2, 0.25) is 0 Å². The predicted molar refractivity (Wildman–Crippen MR) is 118 cm³/mol. The topological polar surface area (TPSA) is 98.6 Å². The number of amides is 1. The van der Waals surface area contributed by atoms with Gasteiger partial charge in [-0.3, -0.25) is 14.2 Å². The van der Waals surface area contributed by atoms with E-state index in [1.54, 1.807) is 0 Å². The summed E-state index contributed by atoms with van der Waals surface area (Å²) in [7, 11) is 1.24. The van der Waals surface area contributed by atoms with Crippen LogP contribution in [-0.2, 0) is 17.1 Å². The summed E-state index contributed by atoms with van der Waals surface area (Å²) in [5.74, 6) is -1.07. The first-order valence-corrected chi connectivity index (χ1v) is 10.9. The quantitative estimate of drug-likeness (QED) is 0.379. The van der Waals surface area contributed by atoms with E-state index in [1.807, 2.05) is 0 Å². The Kier molecular flexibility index (Phi) is 5.55. The van der Waals surface area contributed by atoms with Crippen LogP contribution in [-0.4, -0.2) is 43.8 Å². The van der Waals surface area contributed by atoms with Crippen LogP contribution < -0.4 is 5.73 Å². The van der Waals surface area contributed by atoms with Crippen molar-refractivity contribution in [1.29, 1.82) is 0 Å². The van der Waals surface area contributed by atoms with E-state index in [2.05, 4.69) is 15.0 Å². The molecule has 194 valence electrons. The van der Waals surface area contributed by atoms with Crippen molar-refractivity contribution in [1.82, 2.24) is 24.3 Å². The van der Waals surface area contributed by atoms with E-state index < -0.39 is 47.1 Å². The van der Waals surface area contributed by atoms with Crippen molar-refractivity contribution in [3.8, 4) is 0 Å². The zero-order valence-corrected chi connectivity index (χ0v) is 19.2. The SMILES string of the molecule is C[C@H]1OC[C@@H](N(C)C(=O)c2cc3c(cc2C(F)(F)F)nc(N)c2cncn23)c2ncc(C(F)(F)F)cc21. The van der Waals surface area contributed by atoms with Gasteiger partial charge in [0.25, 0.3) is 5.91 Å². The zero-order chi connectivity index (χ0) is 26.9. The molecular formula is C23H18F6N6O2. The number of benzene rings is 1. The summed E-state index contributed by atoms with van der Waals surface area (Å²) in [4.78, 5) is 26.4. The van der Waals surface area contributed by atoms with Gasteiger partial charge in [-0.1, -0.05) is 0 Å². The summed E-state index contributed by atoms with van der Waals surface area (Å²) in [5.41, 5.74) is 3.53. The molecule has 8 nitrogen and oxygen atoms in total. The molecule has 1 aromatic carbocycles. The number of halogens is 6. The number of anilines is 1. The van der Waals surface area contributed by atoms with Gasteiger partial charge >= 0.3 is 12.4 Å². The fourth-order valence-corrected chi connectivity index (χ4v) is 4.42. The lowest BCUT2D eigenvalue weighted by atomic mass is 9.96. The number of aromatic nitrogens is 4. The number of fused-ring (bicyclic) bond motifs is 4. The van der Waals surface area contributed by atoms with E-state index in [0.29, 0.717) is 11.7 Å². The summed E-state index contributed by atoms with van der Waals surface area (Å²) in [5, 5.41) is 0. The Morgan fingerprint density at radius 3 is 2.51 bits per heavy atom. The van der Waals surface area contributed by atoms with Gasteiger partial charge in [-0.15, -0.1) is 0 Å². The first-order valence-electron chi connectivity index (χ1n) is 10.9. The van der Waals surface area contributed by atoms with Gasteiger partial charge in [-0.05, 0) is 25.1 Å². The van der Waals surface area contributed by atoms with Gasteiger partial charge in [-0.25, -0.2) is 9.97 Å². The fraction of sp³-hybridized carbons (Fsp3) is 0.304. The summed E-state index contributed by atoms with van der Waals surface area (Å²) in [6, 6.07) is 1.62. The van der Waals surface area contributed by atoms with Gasteiger partial charge < -0.3 is 15.4 Å². The van der Waals surface area contributed by atoms with Gasteiger partial charge in [-0.2, -0.15) is 26.3 Å².